The zero-order chi connectivity index (χ0) is 15.3. The smallest absolute Gasteiger partial charge is 0.273 e. The normalized spacial score (nSPS) is 23.3. The van der Waals surface area contributed by atoms with Crippen molar-refractivity contribution in [1.29, 1.82) is 0 Å². The van der Waals surface area contributed by atoms with Gasteiger partial charge in [-0.15, -0.1) is 0 Å². The van der Waals surface area contributed by atoms with Gasteiger partial charge in [-0.1, -0.05) is 33.1 Å². The molecule has 6 heteroatoms. The van der Waals surface area contributed by atoms with Crippen LogP contribution in [0.3, 0.4) is 0 Å². The highest BCUT2D eigenvalue weighted by atomic mass is 32.2. The highest BCUT2D eigenvalue weighted by Crippen LogP contribution is 2.29. The van der Waals surface area contributed by atoms with Crippen LogP contribution in [0.2, 0.25) is 0 Å². The number of nitrogens with one attached hydrogen (secondary N) is 2. The molecule has 0 amide bonds. The van der Waals surface area contributed by atoms with E-state index in [9.17, 15) is 8.42 Å². The summed E-state index contributed by atoms with van der Waals surface area (Å²) in [5.41, 5.74) is 0. The fraction of sp³-hybridized carbons (Fsp3) is 0.733. The molecule has 0 saturated heterocycles. The lowest BCUT2D eigenvalue weighted by Gasteiger charge is -2.28. The van der Waals surface area contributed by atoms with Crippen LogP contribution in [-0.4, -0.2) is 21.5 Å². The first-order chi connectivity index (χ1) is 10.0. The summed E-state index contributed by atoms with van der Waals surface area (Å²) in [6.45, 7) is 6.08. The molecule has 2 atom stereocenters. The van der Waals surface area contributed by atoms with Crippen LogP contribution in [0.25, 0.3) is 0 Å². The molecular weight excluding hydrogens is 288 g/mol. The maximum atomic E-state index is 12.2. The van der Waals surface area contributed by atoms with Crippen molar-refractivity contribution in [2.75, 3.05) is 13.1 Å². The van der Waals surface area contributed by atoms with Gasteiger partial charge in [0, 0.05) is 6.54 Å². The van der Waals surface area contributed by atoms with Crippen LogP contribution in [0.1, 0.15) is 45.3 Å². The third-order valence-electron chi connectivity index (χ3n) is 4.28. The molecule has 1 heterocycles. The highest BCUT2D eigenvalue weighted by molar-refractivity contribution is 7.89. The molecular formula is C15H26N2O3S. The summed E-state index contributed by atoms with van der Waals surface area (Å²) in [5, 5.41) is 3.12. The first kappa shape index (κ1) is 16.5. The van der Waals surface area contributed by atoms with Gasteiger partial charge in [0.05, 0.1) is 6.54 Å². The molecule has 0 aromatic carbocycles. The molecule has 1 saturated carbocycles. The molecule has 0 aliphatic heterocycles. The van der Waals surface area contributed by atoms with Gasteiger partial charge in [-0.3, -0.25) is 0 Å². The molecule has 0 bridgehead atoms. The zero-order valence-electron chi connectivity index (χ0n) is 12.9. The monoisotopic (exact) mass is 314 g/mol. The van der Waals surface area contributed by atoms with E-state index in [2.05, 4.69) is 17.0 Å². The summed E-state index contributed by atoms with van der Waals surface area (Å²) >= 11 is 0. The van der Waals surface area contributed by atoms with Crippen molar-refractivity contribution in [3.63, 3.8) is 0 Å². The Morgan fingerprint density at radius 1 is 1.29 bits per heavy atom. The first-order valence-electron chi connectivity index (χ1n) is 7.82. The number of hydrogen-bond acceptors (Lipinski definition) is 4. The van der Waals surface area contributed by atoms with Gasteiger partial charge in [-0.25, -0.2) is 13.1 Å². The molecule has 21 heavy (non-hydrogen) atoms. The van der Waals surface area contributed by atoms with Crippen molar-refractivity contribution in [3.8, 4) is 0 Å². The van der Waals surface area contributed by atoms with Gasteiger partial charge >= 0.3 is 0 Å². The molecule has 0 radical (unpaired) electrons. The first-order valence-corrected chi connectivity index (χ1v) is 9.30. The number of hydrogen-bond donors (Lipinski definition) is 2. The van der Waals surface area contributed by atoms with Crippen molar-refractivity contribution < 1.29 is 12.8 Å². The lowest BCUT2D eigenvalue weighted by Crippen LogP contribution is -2.33. The molecule has 2 unspecified atom stereocenters. The van der Waals surface area contributed by atoms with E-state index in [0.717, 1.165) is 13.0 Å². The van der Waals surface area contributed by atoms with Crippen molar-refractivity contribution >= 4 is 10.0 Å². The van der Waals surface area contributed by atoms with Crippen LogP contribution in [0.4, 0.5) is 0 Å². The van der Waals surface area contributed by atoms with E-state index < -0.39 is 10.0 Å². The van der Waals surface area contributed by atoms with Gasteiger partial charge in [-0.05, 0) is 36.9 Å². The van der Waals surface area contributed by atoms with E-state index in [1.54, 1.807) is 6.07 Å². The molecule has 0 spiro atoms. The van der Waals surface area contributed by atoms with E-state index >= 15 is 0 Å². The highest BCUT2D eigenvalue weighted by Gasteiger charge is 2.25. The predicted octanol–water partition coefficient (Wildman–Crippen LogP) is 2.49. The van der Waals surface area contributed by atoms with Crippen LogP contribution in [0, 0.1) is 11.8 Å². The van der Waals surface area contributed by atoms with Gasteiger partial charge in [-0.2, -0.15) is 0 Å². The minimum absolute atomic E-state index is 0.0128. The molecule has 2 N–H and O–H groups in total. The van der Waals surface area contributed by atoms with Crippen LogP contribution in [-0.2, 0) is 16.6 Å². The summed E-state index contributed by atoms with van der Waals surface area (Å²) in [5.74, 6) is 1.66. The number of sulfonamides is 1. The molecule has 5 nitrogen and oxygen atoms in total. The van der Waals surface area contributed by atoms with Gasteiger partial charge in [0.1, 0.15) is 5.76 Å². The van der Waals surface area contributed by atoms with Crippen LogP contribution in [0.5, 0.6) is 0 Å². The van der Waals surface area contributed by atoms with Crippen molar-refractivity contribution in [2.45, 2.75) is 51.2 Å². The van der Waals surface area contributed by atoms with E-state index in [1.807, 2.05) is 6.92 Å². The van der Waals surface area contributed by atoms with E-state index in [0.29, 0.717) is 30.7 Å². The predicted molar refractivity (Wildman–Crippen MR) is 82.4 cm³/mol. The summed E-state index contributed by atoms with van der Waals surface area (Å²) in [4.78, 5) is 0. The quantitative estimate of drug-likeness (QED) is 0.811. The minimum Gasteiger partial charge on any atom is -0.447 e. The largest absolute Gasteiger partial charge is 0.447 e. The molecule has 1 aliphatic rings. The van der Waals surface area contributed by atoms with E-state index in [-0.39, 0.29) is 5.09 Å². The van der Waals surface area contributed by atoms with Gasteiger partial charge in [0.2, 0.25) is 5.09 Å². The van der Waals surface area contributed by atoms with Gasteiger partial charge in [0.25, 0.3) is 10.0 Å². The lowest BCUT2D eigenvalue weighted by atomic mass is 9.81. The van der Waals surface area contributed by atoms with Crippen LogP contribution >= 0.6 is 0 Å². The van der Waals surface area contributed by atoms with Crippen molar-refractivity contribution in [3.05, 3.63) is 17.9 Å². The van der Waals surface area contributed by atoms with Gasteiger partial charge in [0.15, 0.2) is 0 Å². The van der Waals surface area contributed by atoms with Gasteiger partial charge < -0.3 is 9.73 Å². The minimum atomic E-state index is -3.53. The SMILES string of the molecule is CCNCc1ccc(S(=O)(=O)NCC2CCCCC2C)o1. The fourth-order valence-corrected chi connectivity index (χ4v) is 3.87. The Bertz CT molecular complexity index is 539. The molecule has 1 aromatic rings. The lowest BCUT2D eigenvalue weighted by molar-refractivity contribution is 0.257. The Labute approximate surface area is 127 Å². The standard InChI is InChI=1S/C15H26N2O3S/c1-3-16-11-14-8-9-15(20-14)21(18,19)17-10-13-7-5-4-6-12(13)2/h8-9,12-13,16-17H,3-7,10-11H2,1-2H3. The molecule has 1 aliphatic carbocycles. The maximum absolute atomic E-state index is 12.2. The third-order valence-corrected chi connectivity index (χ3v) is 5.57. The number of furan rings is 1. The second-order valence-corrected chi connectivity index (χ2v) is 7.57. The Morgan fingerprint density at radius 2 is 2.05 bits per heavy atom. The average molecular weight is 314 g/mol. The van der Waals surface area contributed by atoms with E-state index in [4.69, 9.17) is 4.42 Å². The summed E-state index contributed by atoms with van der Waals surface area (Å²) in [7, 11) is -3.53. The van der Waals surface area contributed by atoms with Crippen molar-refractivity contribution in [1.82, 2.24) is 10.0 Å². The average Bonchev–Trinajstić information content (AvgIpc) is 2.94. The van der Waals surface area contributed by atoms with E-state index in [1.165, 1.54) is 25.3 Å². The topological polar surface area (TPSA) is 71.3 Å². The third kappa shape index (κ3) is 4.56. The zero-order valence-corrected chi connectivity index (χ0v) is 13.7. The summed E-state index contributed by atoms with van der Waals surface area (Å²) in [6.07, 6.45) is 4.76. The van der Waals surface area contributed by atoms with Crippen molar-refractivity contribution in [2.24, 2.45) is 11.8 Å². The summed E-state index contributed by atoms with van der Waals surface area (Å²) in [6, 6.07) is 3.24. The second kappa shape index (κ2) is 7.42. The second-order valence-electron chi connectivity index (χ2n) is 5.87. The summed E-state index contributed by atoms with van der Waals surface area (Å²) < 4.78 is 32.6. The van der Waals surface area contributed by atoms with Crippen LogP contribution < -0.4 is 10.0 Å². The Hall–Kier alpha value is -0.850. The molecule has 2 rings (SSSR count). The fourth-order valence-electron chi connectivity index (χ4n) is 2.83. The molecule has 1 aromatic heterocycles. The number of rotatable bonds is 7. The Balaban J connectivity index is 1.93. The van der Waals surface area contributed by atoms with Crippen LogP contribution in [0.15, 0.2) is 21.6 Å². The maximum Gasteiger partial charge on any atom is 0.273 e. The molecule has 1 fully saturated rings. The molecule has 120 valence electrons. The Kier molecular flexibility index (Phi) is 5.84. The Morgan fingerprint density at radius 3 is 2.76 bits per heavy atom.